The van der Waals surface area contributed by atoms with Gasteiger partial charge in [-0.15, -0.1) is 0 Å². The van der Waals surface area contributed by atoms with E-state index in [0.29, 0.717) is 43.9 Å². The maximum atomic E-state index is 13.2. The van der Waals surface area contributed by atoms with E-state index in [1.807, 2.05) is 16.8 Å². The second-order valence-corrected chi connectivity index (χ2v) is 8.76. The summed E-state index contributed by atoms with van der Waals surface area (Å²) in [6.45, 7) is 2.01. The van der Waals surface area contributed by atoms with Crippen molar-refractivity contribution < 1.29 is 19.7 Å². The Labute approximate surface area is 198 Å². The van der Waals surface area contributed by atoms with E-state index in [1.165, 1.54) is 0 Å². The lowest BCUT2D eigenvalue weighted by Gasteiger charge is -2.32. The number of hydrogen-bond acceptors (Lipinski definition) is 7. The number of aromatic hydroxyl groups is 1. The zero-order valence-corrected chi connectivity index (χ0v) is 18.9. The summed E-state index contributed by atoms with van der Waals surface area (Å²) in [5.41, 5.74) is 3.05. The number of phenolic OH excluding ortho intramolecular Hbond substituents is 1. The number of ether oxygens (including phenoxy) is 1. The van der Waals surface area contributed by atoms with Crippen LogP contribution in [-0.2, 0) is 4.74 Å². The van der Waals surface area contributed by atoms with Gasteiger partial charge < -0.3 is 25.2 Å². The summed E-state index contributed by atoms with van der Waals surface area (Å²) in [6.07, 6.45) is 5.61. The predicted molar refractivity (Wildman–Crippen MR) is 128 cm³/mol. The highest BCUT2D eigenvalue weighted by molar-refractivity contribution is 6.05. The molecule has 178 valence electrons. The van der Waals surface area contributed by atoms with Gasteiger partial charge in [-0.25, -0.2) is 9.67 Å². The lowest BCUT2D eigenvalue weighted by Crippen LogP contribution is -2.36. The first-order chi connectivity index (χ1) is 16.6. The minimum atomic E-state index is -0.342. The fourth-order valence-electron chi connectivity index (χ4n) is 4.55. The zero-order valence-electron chi connectivity index (χ0n) is 18.9. The number of aliphatic hydroxyl groups excluding tert-OH is 1. The monoisotopic (exact) mass is 463 g/mol. The molecule has 1 amide bonds. The van der Waals surface area contributed by atoms with Gasteiger partial charge in [0.25, 0.3) is 5.91 Å². The number of rotatable bonds is 5. The van der Waals surface area contributed by atoms with E-state index in [2.05, 4.69) is 20.3 Å². The first-order valence-corrected chi connectivity index (χ1v) is 11.8. The van der Waals surface area contributed by atoms with E-state index in [4.69, 9.17) is 4.74 Å². The SMILES string of the molecule is O=C(Nc1ccc(O)cc1N1CCC(O)CC1)c1cccc(-c2ccnn2C2CCCCO2)n1. The van der Waals surface area contributed by atoms with Gasteiger partial charge in [-0.1, -0.05) is 6.07 Å². The van der Waals surface area contributed by atoms with Crippen LogP contribution in [-0.4, -0.2) is 56.7 Å². The van der Waals surface area contributed by atoms with Crippen molar-refractivity contribution in [3.63, 3.8) is 0 Å². The number of piperidine rings is 1. The topological polar surface area (TPSA) is 113 Å². The first kappa shape index (κ1) is 22.4. The normalized spacial score (nSPS) is 19.2. The number of hydrogen-bond donors (Lipinski definition) is 3. The molecule has 2 saturated heterocycles. The number of anilines is 2. The Bertz CT molecular complexity index is 1150. The Morgan fingerprint density at radius 1 is 1.09 bits per heavy atom. The third-order valence-corrected chi connectivity index (χ3v) is 6.38. The molecule has 0 radical (unpaired) electrons. The minimum Gasteiger partial charge on any atom is -0.508 e. The molecule has 9 heteroatoms. The molecule has 3 aromatic rings. The van der Waals surface area contributed by atoms with Crippen molar-refractivity contribution in [2.75, 3.05) is 29.9 Å². The van der Waals surface area contributed by atoms with Crippen LogP contribution in [0.5, 0.6) is 5.75 Å². The van der Waals surface area contributed by atoms with Crippen LogP contribution in [0, 0.1) is 0 Å². The van der Waals surface area contributed by atoms with Gasteiger partial charge in [0.1, 0.15) is 11.4 Å². The molecule has 1 unspecified atom stereocenters. The van der Waals surface area contributed by atoms with Crippen LogP contribution < -0.4 is 10.2 Å². The Morgan fingerprint density at radius 2 is 1.94 bits per heavy atom. The van der Waals surface area contributed by atoms with Crippen molar-refractivity contribution >= 4 is 17.3 Å². The Kier molecular flexibility index (Phi) is 6.46. The molecule has 0 bridgehead atoms. The van der Waals surface area contributed by atoms with Gasteiger partial charge in [0.05, 0.1) is 28.9 Å². The molecule has 1 aromatic carbocycles. The number of carbonyl (C=O) groups is 1. The number of aliphatic hydroxyl groups is 1. The number of amides is 1. The van der Waals surface area contributed by atoms with Crippen molar-refractivity contribution in [1.82, 2.24) is 14.8 Å². The van der Waals surface area contributed by atoms with Gasteiger partial charge in [-0.05, 0) is 62.4 Å². The van der Waals surface area contributed by atoms with E-state index >= 15 is 0 Å². The number of benzene rings is 1. The minimum absolute atomic E-state index is 0.123. The Morgan fingerprint density at radius 3 is 2.74 bits per heavy atom. The van der Waals surface area contributed by atoms with Crippen molar-refractivity contribution in [3.8, 4) is 17.1 Å². The average Bonchev–Trinajstić information content (AvgIpc) is 3.36. The lowest BCUT2D eigenvalue weighted by atomic mass is 10.1. The molecule has 2 aliphatic heterocycles. The van der Waals surface area contributed by atoms with Gasteiger partial charge in [0.15, 0.2) is 6.23 Å². The molecule has 0 saturated carbocycles. The first-order valence-electron chi connectivity index (χ1n) is 11.8. The van der Waals surface area contributed by atoms with Crippen LogP contribution in [0.15, 0.2) is 48.7 Å². The number of nitrogens with one attached hydrogen (secondary N) is 1. The lowest BCUT2D eigenvalue weighted by molar-refractivity contribution is -0.0384. The number of nitrogens with zero attached hydrogens (tertiary/aromatic N) is 4. The van der Waals surface area contributed by atoms with Gasteiger partial charge in [-0.2, -0.15) is 5.10 Å². The highest BCUT2D eigenvalue weighted by Crippen LogP contribution is 2.33. The molecular weight excluding hydrogens is 434 g/mol. The number of aromatic nitrogens is 3. The molecule has 4 heterocycles. The highest BCUT2D eigenvalue weighted by atomic mass is 16.5. The number of carbonyl (C=O) groups excluding carboxylic acids is 1. The number of pyridine rings is 1. The van der Waals surface area contributed by atoms with Gasteiger partial charge in [-0.3, -0.25) is 4.79 Å². The van der Waals surface area contributed by atoms with Crippen molar-refractivity contribution in [1.29, 1.82) is 0 Å². The molecule has 5 rings (SSSR count). The smallest absolute Gasteiger partial charge is 0.274 e. The summed E-state index contributed by atoms with van der Waals surface area (Å²) < 4.78 is 7.72. The fourth-order valence-corrected chi connectivity index (χ4v) is 4.55. The van der Waals surface area contributed by atoms with Crippen LogP contribution in [0.2, 0.25) is 0 Å². The van der Waals surface area contributed by atoms with Crippen molar-refractivity contribution in [2.24, 2.45) is 0 Å². The van der Waals surface area contributed by atoms with Crippen LogP contribution in [0.25, 0.3) is 11.4 Å². The van der Waals surface area contributed by atoms with E-state index in [1.54, 1.807) is 36.5 Å². The second kappa shape index (κ2) is 9.82. The average molecular weight is 464 g/mol. The van der Waals surface area contributed by atoms with E-state index in [9.17, 15) is 15.0 Å². The quantitative estimate of drug-likeness (QED) is 0.496. The van der Waals surface area contributed by atoms with E-state index < -0.39 is 0 Å². The van der Waals surface area contributed by atoms with Crippen molar-refractivity contribution in [2.45, 2.75) is 44.4 Å². The maximum Gasteiger partial charge on any atom is 0.274 e. The molecule has 3 N–H and O–H groups in total. The van der Waals surface area contributed by atoms with Gasteiger partial charge in [0.2, 0.25) is 0 Å². The summed E-state index contributed by atoms with van der Waals surface area (Å²) in [4.78, 5) is 19.8. The summed E-state index contributed by atoms with van der Waals surface area (Å²) in [5.74, 6) is -0.219. The zero-order chi connectivity index (χ0) is 23.5. The van der Waals surface area contributed by atoms with Crippen molar-refractivity contribution in [3.05, 3.63) is 54.4 Å². The van der Waals surface area contributed by atoms with Crippen LogP contribution in [0.1, 0.15) is 48.8 Å². The molecule has 34 heavy (non-hydrogen) atoms. The molecule has 2 aromatic heterocycles. The molecule has 0 aliphatic carbocycles. The summed E-state index contributed by atoms with van der Waals surface area (Å²) in [7, 11) is 0. The third-order valence-electron chi connectivity index (χ3n) is 6.38. The Balaban J connectivity index is 1.37. The fraction of sp³-hybridized carbons (Fsp3) is 0.400. The van der Waals surface area contributed by atoms with Crippen LogP contribution >= 0.6 is 0 Å². The number of phenols is 1. The molecule has 2 aliphatic rings. The van der Waals surface area contributed by atoms with E-state index in [-0.39, 0.29) is 29.7 Å². The maximum absolute atomic E-state index is 13.2. The van der Waals surface area contributed by atoms with Crippen LogP contribution in [0.4, 0.5) is 11.4 Å². The Hall–Kier alpha value is -3.43. The largest absolute Gasteiger partial charge is 0.508 e. The molecule has 9 nitrogen and oxygen atoms in total. The highest BCUT2D eigenvalue weighted by Gasteiger charge is 2.23. The van der Waals surface area contributed by atoms with Crippen LogP contribution in [0.3, 0.4) is 0 Å². The summed E-state index contributed by atoms with van der Waals surface area (Å²) in [5, 5.41) is 27.2. The molecule has 1 atom stereocenters. The van der Waals surface area contributed by atoms with Gasteiger partial charge in [0, 0.05) is 32.0 Å². The second-order valence-electron chi connectivity index (χ2n) is 8.76. The third kappa shape index (κ3) is 4.76. The summed E-state index contributed by atoms with van der Waals surface area (Å²) >= 11 is 0. The van der Waals surface area contributed by atoms with Gasteiger partial charge >= 0.3 is 0 Å². The van der Waals surface area contributed by atoms with E-state index in [0.717, 1.165) is 30.6 Å². The molecular formula is C25H29N5O4. The predicted octanol–water partition coefficient (Wildman–Crippen LogP) is 3.56. The standard InChI is InChI=1S/C25H29N5O4/c31-17-10-13-29(14-11-17)23-16-18(32)7-8-20(23)28-25(33)21-5-3-4-19(27-21)22-9-12-26-30(22)24-6-1-2-15-34-24/h3-5,7-9,12,16-17,24,31-32H,1-2,6,10-11,13-15H2,(H,28,33). The summed E-state index contributed by atoms with van der Waals surface area (Å²) in [6, 6.07) is 12.1. The molecule has 2 fully saturated rings. The molecule has 0 spiro atoms.